The standard InChI is InChI=1S/C31H50N4O4/c1-20(2)26(18-23(7)29(37)32-19-27(36)24-14-10-9-11-15-24)34(8)31(39)28(21(3)4)33-30(38)25-16-12-13-17-35(25)22(5)6/h9-11,14-15,18,20-22,25-28,36H,12-13,16-17,19H2,1-8H3,(H,32,37)(H,33,38)/t25-,26-,27+,28+/m1/s1. The maximum absolute atomic E-state index is 13.7. The summed E-state index contributed by atoms with van der Waals surface area (Å²) in [6.07, 6.45) is 3.87. The Bertz CT molecular complexity index is 976. The van der Waals surface area contributed by atoms with Crippen LogP contribution in [0.4, 0.5) is 0 Å². The summed E-state index contributed by atoms with van der Waals surface area (Å²) in [6, 6.07) is 8.21. The van der Waals surface area contributed by atoms with Gasteiger partial charge in [0.15, 0.2) is 0 Å². The molecule has 1 aliphatic heterocycles. The highest BCUT2D eigenvalue weighted by Crippen LogP contribution is 2.21. The summed E-state index contributed by atoms with van der Waals surface area (Å²) >= 11 is 0. The molecule has 1 saturated heterocycles. The molecule has 0 saturated carbocycles. The fourth-order valence-corrected chi connectivity index (χ4v) is 5.19. The van der Waals surface area contributed by atoms with Crippen LogP contribution in [0.25, 0.3) is 0 Å². The van der Waals surface area contributed by atoms with Gasteiger partial charge in [-0.25, -0.2) is 0 Å². The summed E-state index contributed by atoms with van der Waals surface area (Å²) in [5.41, 5.74) is 1.20. The number of carbonyl (C=O) groups is 3. The van der Waals surface area contributed by atoms with Gasteiger partial charge in [0, 0.05) is 25.2 Å². The summed E-state index contributed by atoms with van der Waals surface area (Å²) < 4.78 is 0. The predicted molar refractivity (Wildman–Crippen MR) is 156 cm³/mol. The molecule has 1 fully saturated rings. The number of carbonyl (C=O) groups excluding carboxylic acids is 3. The van der Waals surface area contributed by atoms with Crippen molar-refractivity contribution in [1.29, 1.82) is 0 Å². The minimum atomic E-state index is -0.806. The van der Waals surface area contributed by atoms with Gasteiger partial charge in [-0.05, 0) is 57.6 Å². The molecular formula is C31H50N4O4. The molecule has 0 radical (unpaired) electrons. The molecule has 1 heterocycles. The second kappa shape index (κ2) is 15.2. The van der Waals surface area contributed by atoms with Crippen LogP contribution in [0.3, 0.4) is 0 Å². The van der Waals surface area contributed by atoms with Gasteiger partial charge in [-0.15, -0.1) is 0 Å². The zero-order chi connectivity index (χ0) is 29.3. The van der Waals surface area contributed by atoms with Crippen LogP contribution in [0.2, 0.25) is 0 Å². The van der Waals surface area contributed by atoms with E-state index < -0.39 is 12.1 Å². The van der Waals surface area contributed by atoms with Crippen LogP contribution in [0.5, 0.6) is 0 Å². The Labute approximate surface area is 235 Å². The molecule has 0 aliphatic carbocycles. The van der Waals surface area contributed by atoms with Crippen molar-refractivity contribution in [2.75, 3.05) is 20.1 Å². The average molecular weight is 543 g/mol. The van der Waals surface area contributed by atoms with Gasteiger partial charge in [0.1, 0.15) is 6.04 Å². The Balaban J connectivity index is 2.11. The molecular weight excluding hydrogens is 492 g/mol. The van der Waals surface area contributed by atoms with Crippen molar-refractivity contribution in [3.8, 4) is 0 Å². The van der Waals surface area contributed by atoms with Crippen molar-refractivity contribution in [3.05, 3.63) is 47.5 Å². The third-order valence-electron chi connectivity index (χ3n) is 7.64. The lowest BCUT2D eigenvalue weighted by molar-refractivity contribution is -0.140. The Hall–Kier alpha value is -2.71. The highest BCUT2D eigenvalue weighted by molar-refractivity contribution is 5.93. The first-order chi connectivity index (χ1) is 18.3. The molecule has 0 unspecified atom stereocenters. The smallest absolute Gasteiger partial charge is 0.246 e. The van der Waals surface area contributed by atoms with Gasteiger partial charge in [0.25, 0.3) is 0 Å². The quantitative estimate of drug-likeness (QED) is 0.350. The SMILES string of the molecule is CC(=C[C@H](C(C)C)N(C)C(=O)[C@@H](NC(=O)[C@H]1CCCCN1C(C)C)C(C)C)C(=O)NC[C@H](O)c1ccccc1. The van der Waals surface area contributed by atoms with Gasteiger partial charge in [-0.2, -0.15) is 0 Å². The van der Waals surface area contributed by atoms with E-state index in [1.165, 1.54) is 0 Å². The van der Waals surface area contributed by atoms with E-state index in [9.17, 15) is 19.5 Å². The van der Waals surface area contributed by atoms with E-state index in [4.69, 9.17) is 0 Å². The molecule has 2 rings (SSSR count). The topological polar surface area (TPSA) is 102 Å². The maximum atomic E-state index is 13.7. The Morgan fingerprint density at radius 3 is 2.26 bits per heavy atom. The number of amides is 3. The van der Waals surface area contributed by atoms with E-state index in [1.807, 2.05) is 58.0 Å². The lowest BCUT2D eigenvalue weighted by atomic mass is 9.95. The van der Waals surface area contributed by atoms with E-state index in [2.05, 4.69) is 29.4 Å². The van der Waals surface area contributed by atoms with Gasteiger partial charge in [0.05, 0.1) is 18.2 Å². The monoisotopic (exact) mass is 542 g/mol. The summed E-state index contributed by atoms with van der Waals surface area (Å²) in [7, 11) is 1.73. The minimum Gasteiger partial charge on any atom is -0.387 e. The number of likely N-dealkylation sites (N-methyl/N-ethyl adjacent to an activating group) is 1. The Kier molecular flexibility index (Phi) is 12.6. The molecule has 0 spiro atoms. The maximum Gasteiger partial charge on any atom is 0.246 e. The van der Waals surface area contributed by atoms with Crippen LogP contribution in [-0.2, 0) is 14.4 Å². The lowest BCUT2D eigenvalue weighted by Gasteiger charge is -2.39. The fourth-order valence-electron chi connectivity index (χ4n) is 5.19. The number of hydrogen-bond donors (Lipinski definition) is 3. The molecule has 0 bridgehead atoms. The van der Waals surface area contributed by atoms with Crippen LogP contribution < -0.4 is 10.6 Å². The van der Waals surface area contributed by atoms with Crippen LogP contribution >= 0.6 is 0 Å². The van der Waals surface area contributed by atoms with Crippen molar-refractivity contribution in [1.82, 2.24) is 20.4 Å². The van der Waals surface area contributed by atoms with E-state index >= 15 is 0 Å². The van der Waals surface area contributed by atoms with Crippen molar-refractivity contribution >= 4 is 17.7 Å². The largest absolute Gasteiger partial charge is 0.387 e. The van der Waals surface area contributed by atoms with E-state index in [0.717, 1.165) is 31.4 Å². The number of aliphatic hydroxyl groups excluding tert-OH is 1. The van der Waals surface area contributed by atoms with Gasteiger partial charge >= 0.3 is 0 Å². The number of hydrogen-bond acceptors (Lipinski definition) is 5. The number of benzene rings is 1. The van der Waals surface area contributed by atoms with Gasteiger partial charge in [0.2, 0.25) is 17.7 Å². The Morgan fingerprint density at radius 2 is 1.69 bits per heavy atom. The third kappa shape index (κ3) is 9.17. The molecule has 1 aliphatic rings. The van der Waals surface area contributed by atoms with Crippen molar-refractivity contribution in [2.45, 2.75) is 98.0 Å². The van der Waals surface area contributed by atoms with Gasteiger partial charge < -0.3 is 20.6 Å². The first-order valence-electron chi connectivity index (χ1n) is 14.4. The number of piperidine rings is 1. The molecule has 39 heavy (non-hydrogen) atoms. The molecule has 3 amide bonds. The van der Waals surface area contributed by atoms with Crippen molar-refractivity contribution in [2.24, 2.45) is 11.8 Å². The molecule has 218 valence electrons. The van der Waals surface area contributed by atoms with Crippen LogP contribution in [-0.4, -0.2) is 76.9 Å². The number of nitrogens with zero attached hydrogens (tertiary/aromatic N) is 2. The third-order valence-corrected chi connectivity index (χ3v) is 7.64. The number of nitrogens with one attached hydrogen (secondary N) is 2. The number of rotatable bonds is 12. The summed E-state index contributed by atoms with van der Waals surface area (Å²) in [5.74, 6) is -0.618. The number of likely N-dealkylation sites (tertiary alicyclic amines) is 1. The van der Waals surface area contributed by atoms with E-state index in [-0.39, 0.29) is 54.2 Å². The molecule has 1 aromatic rings. The summed E-state index contributed by atoms with van der Waals surface area (Å²) in [5, 5.41) is 16.2. The highest BCUT2D eigenvalue weighted by Gasteiger charge is 2.36. The first kappa shape index (κ1) is 32.5. The predicted octanol–water partition coefficient (Wildman–Crippen LogP) is 3.67. The average Bonchev–Trinajstić information content (AvgIpc) is 2.92. The second-order valence-corrected chi connectivity index (χ2v) is 11.7. The molecule has 0 aromatic heterocycles. The molecule has 8 heteroatoms. The van der Waals surface area contributed by atoms with E-state index in [1.54, 1.807) is 24.9 Å². The molecule has 3 N–H and O–H groups in total. The van der Waals surface area contributed by atoms with E-state index in [0.29, 0.717) is 5.57 Å². The van der Waals surface area contributed by atoms with Crippen LogP contribution in [0, 0.1) is 11.8 Å². The second-order valence-electron chi connectivity index (χ2n) is 11.7. The zero-order valence-electron chi connectivity index (χ0n) is 25.1. The van der Waals surface area contributed by atoms with Gasteiger partial charge in [-0.3, -0.25) is 19.3 Å². The first-order valence-corrected chi connectivity index (χ1v) is 14.4. The van der Waals surface area contributed by atoms with Crippen LogP contribution in [0.1, 0.15) is 79.4 Å². The molecule has 1 aromatic carbocycles. The zero-order valence-corrected chi connectivity index (χ0v) is 25.1. The Morgan fingerprint density at radius 1 is 1.05 bits per heavy atom. The lowest BCUT2D eigenvalue weighted by Crippen LogP contribution is -2.58. The normalized spacial score (nSPS) is 19.1. The summed E-state index contributed by atoms with van der Waals surface area (Å²) in [4.78, 5) is 43.8. The minimum absolute atomic E-state index is 0.0369. The van der Waals surface area contributed by atoms with Crippen LogP contribution in [0.15, 0.2) is 42.0 Å². The van der Waals surface area contributed by atoms with Crippen molar-refractivity contribution in [3.63, 3.8) is 0 Å². The molecule has 8 nitrogen and oxygen atoms in total. The molecule has 4 atom stereocenters. The van der Waals surface area contributed by atoms with Crippen molar-refractivity contribution < 1.29 is 19.5 Å². The highest BCUT2D eigenvalue weighted by atomic mass is 16.3. The fraction of sp³-hybridized carbons (Fsp3) is 0.645. The van der Waals surface area contributed by atoms with Gasteiger partial charge in [-0.1, -0.05) is 70.5 Å². The summed E-state index contributed by atoms with van der Waals surface area (Å²) in [6.45, 7) is 14.8. The number of aliphatic hydroxyl groups is 1.